The zero-order valence-corrected chi connectivity index (χ0v) is 45.9. The molecular weight excluding hydrogens is 974 g/mol. The molecule has 2 aromatic rings. The van der Waals surface area contributed by atoms with E-state index in [1.807, 2.05) is 44.7 Å². The largest absolute Gasteiger partial charge is 0.490 e. The number of likely N-dealkylation sites (N-methyl/N-ethyl adjacent to an activating group) is 2. The molecule has 418 valence electrons. The van der Waals surface area contributed by atoms with Crippen LogP contribution in [0.5, 0.6) is 5.75 Å². The summed E-state index contributed by atoms with van der Waals surface area (Å²) in [5, 5.41) is 67.0. The van der Waals surface area contributed by atoms with Gasteiger partial charge in [0.1, 0.15) is 36.8 Å². The van der Waals surface area contributed by atoms with Gasteiger partial charge in [0.25, 0.3) is 0 Å². The minimum Gasteiger partial charge on any atom is -0.490 e. The molecule has 22 heteroatoms. The zero-order chi connectivity index (χ0) is 54.3. The highest BCUT2D eigenvalue weighted by Gasteiger charge is 2.50. The van der Waals surface area contributed by atoms with Gasteiger partial charge in [0.15, 0.2) is 22.3 Å². The van der Waals surface area contributed by atoms with Crippen molar-refractivity contribution in [2.24, 2.45) is 17.8 Å². The van der Waals surface area contributed by atoms with Crippen molar-refractivity contribution in [1.82, 2.24) is 24.8 Å². The number of benzene rings is 1. The first-order valence-electron chi connectivity index (χ1n) is 25.7. The highest BCUT2D eigenvalue weighted by molar-refractivity contribution is 7.90. The molecule has 20 nitrogen and oxygen atoms in total. The fourth-order valence-electron chi connectivity index (χ4n) is 10.8. The molecule has 1 aromatic heterocycles. The predicted octanol–water partition coefficient (Wildman–Crippen LogP) is 2.58. The SMILES string of the molecule is CC[C@H]1OC(=O)[C@H](C)[C@@H](OC[C@H]2C[C@@](C)(OC)[C@@H](O)[C@H](C)O2)[C@H](C)[C@@H](O[C@@H]2O[C@H](C)C[C@H](N(C)CCc3cn(C[C@H](F)COc4ccc(S(C)(=O)=O)cc4)nn3)[C@H]2O)[C@](C)(O)C[C@@H](C)CN(C)[C@H](C)[C@@H](O)[C@@H]1O. The average Bonchev–Trinajstić information content (AvgIpc) is 3.78. The van der Waals surface area contributed by atoms with Crippen molar-refractivity contribution in [2.45, 2.75) is 203 Å². The number of aromatic nitrogens is 3. The van der Waals surface area contributed by atoms with Crippen molar-refractivity contribution in [1.29, 1.82) is 0 Å². The minimum atomic E-state index is -3.38. The maximum atomic E-state index is 15.0. The standard InChI is InChI=1S/C51H86FN5O15S/c1-14-41-44(60)42(58)33(6)56(11)24-29(2)22-50(8,63)47(31(4)45(32(5)48(62)71-41)68-28-38-23-51(9,66-12)46(61)34(7)70-38)72-49-43(59)40(21-30(3)69-49)55(10)20-19-36-26-57(54-53-36)25-35(52)27-67-37-15-17-39(18-16-37)73(13,64)65/h15-18,26,29-35,38,40-47,49,58-61,63H,14,19-25,27-28H2,1-13H3/t29-,30-,31+,32-,33-,34+,35+,38-,40+,41-,42-,43-,44-,45+,46+,47-,49+,50-,51-/m1/s1. The highest BCUT2D eigenvalue weighted by Crippen LogP contribution is 2.38. The Kier molecular flexibility index (Phi) is 21.6. The number of carbonyl (C=O) groups excluding carboxylic acids is 1. The fourth-order valence-corrected chi connectivity index (χ4v) is 11.5. The van der Waals surface area contributed by atoms with Crippen molar-refractivity contribution in [2.75, 3.05) is 53.8 Å². The normalized spacial score (nSPS) is 38.3. The van der Waals surface area contributed by atoms with Crippen LogP contribution < -0.4 is 4.74 Å². The van der Waals surface area contributed by atoms with Gasteiger partial charge in [0.05, 0.1) is 77.5 Å². The van der Waals surface area contributed by atoms with Crippen LogP contribution in [-0.4, -0.2) is 215 Å². The number of alkyl halides is 1. The highest BCUT2D eigenvalue weighted by atomic mass is 32.2. The van der Waals surface area contributed by atoms with Gasteiger partial charge in [0, 0.05) is 63.5 Å². The lowest BCUT2D eigenvalue weighted by Gasteiger charge is -2.48. The third-order valence-electron chi connectivity index (χ3n) is 15.3. The van der Waals surface area contributed by atoms with Gasteiger partial charge >= 0.3 is 5.97 Å². The Balaban J connectivity index is 1.35. The van der Waals surface area contributed by atoms with Gasteiger partial charge < -0.3 is 68.5 Å². The summed E-state index contributed by atoms with van der Waals surface area (Å²) in [6.45, 7) is 16.4. The molecule has 5 rings (SSSR count). The van der Waals surface area contributed by atoms with Crippen molar-refractivity contribution >= 4 is 15.8 Å². The molecule has 5 N–H and O–H groups in total. The Hall–Kier alpha value is -2.97. The molecule has 0 unspecified atom stereocenters. The van der Waals surface area contributed by atoms with E-state index in [4.69, 9.17) is 33.2 Å². The fraction of sp³-hybridized carbons (Fsp3) is 0.824. The van der Waals surface area contributed by atoms with Gasteiger partial charge in [-0.15, -0.1) is 5.10 Å². The zero-order valence-electron chi connectivity index (χ0n) is 45.1. The first-order valence-corrected chi connectivity index (χ1v) is 27.6. The maximum absolute atomic E-state index is 15.0. The van der Waals surface area contributed by atoms with Crippen LogP contribution in [0.4, 0.5) is 4.39 Å². The van der Waals surface area contributed by atoms with Crippen molar-refractivity contribution in [3.05, 3.63) is 36.2 Å². The number of carbonyl (C=O) groups is 1. The molecule has 0 amide bonds. The topological polar surface area (TPSA) is 254 Å². The molecule has 0 bridgehead atoms. The lowest BCUT2D eigenvalue weighted by molar-refractivity contribution is -0.301. The van der Waals surface area contributed by atoms with Crippen LogP contribution in [0, 0.1) is 17.8 Å². The summed E-state index contributed by atoms with van der Waals surface area (Å²) in [5.41, 5.74) is -1.99. The molecule has 3 aliphatic heterocycles. The summed E-state index contributed by atoms with van der Waals surface area (Å²) in [5.74, 6) is -2.39. The molecule has 0 saturated carbocycles. The summed E-state index contributed by atoms with van der Waals surface area (Å²) in [4.78, 5) is 18.3. The number of hydrogen-bond donors (Lipinski definition) is 5. The van der Waals surface area contributed by atoms with Crippen molar-refractivity contribution in [3.8, 4) is 5.75 Å². The molecule has 0 spiro atoms. The van der Waals surface area contributed by atoms with Gasteiger partial charge in [0.2, 0.25) is 0 Å². The maximum Gasteiger partial charge on any atom is 0.311 e. The second-order valence-corrected chi connectivity index (χ2v) is 23.8. The van der Waals surface area contributed by atoms with E-state index in [1.54, 1.807) is 47.7 Å². The molecule has 19 atom stereocenters. The minimum absolute atomic E-state index is 0.0386. The first kappa shape index (κ1) is 60.9. The lowest BCUT2D eigenvalue weighted by atomic mass is 9.77. The number of cyclic esters (lactones) is 1. The lowest BCUT2D eigenvalue weighted by Crippen LogP contribution is -2.60. The van der Waals surface area contributed by atoms with Crippen LogP contribution >= 0.6 is 0 Å². The number of aliphatic hydroxyl groups is 5. The van der Waals surface area contributed by atoms with Crippen LogP contribution in [0.1, 0.15) is 93.7 Å². The third kappa shape index (κ3) is 15.8. The van der Waals surface area contributed by atoms with Gasteiger partial charge in [-0.3, -0.25) is 4.79 Å². The molecule has 73 heavy (non-hydrogen) atoms. The summed E-state index contributed by atoms with van der Waals surface area (Å²) in [6, 6.07) is 4.71. The van der Waals surface area contributed by atoms with Gasteiger partial charge in [-0.05, 0) is 105 Å². The number of methoxy groups -OCH3 is 1. The predicted molar refractivity (Wildman–Crippen MR) is 267 cm³/mol. The quantitative estimate of drug-likeness (QED) is 0.143. The number of ether oxygens (including phenoxy) is 7. The summed E-state index contributed by atoms with van der Waals surface area (Å²) < 4.78 is 83.4. The number of halogens is 1. The Morgan fingerprint density at radius 2 is 1.67 bits per heavy atom. The van der Waals surface area contributed by atoms with E-state index in [0.29, 0.717) is 37.4 Å². The summed E-state index contributed by atoms with van der Waals surface area (Å²) in [7, 11) is 1.83. The van der Waals surface area contributed by atoms with Crippen molar-refractivity contribution < 1.29 is 76.3 Å². The Morgan fingerprint density at radius 1 is 1.00 bits per heavy atom. The van der Waals surface area contributed by atoms with E-state index in [0.717, 1.165) is 6.26 Å². The van der Waals surface area contributed by atoms with E-state index in [9.17, 15) is 38.7 Å². The summed E-state index contributed by atoms with van der Waals surface area (Å²) >= 11 is 0. The van der Waals surface area contributed by atoms with E-state index in [1.165, 1.54) is 36.1 Å². The molecule has 3 fully saturated rings. The molecule has 1 aromatic carbocycles. The monoisotopic (exact) mass is 1060 g/mol. The van der Waals surface area contributed by atoms with E-state index >= 15 is 4.39 Å². The van der Waals surface area contributed by atoms with E-state index in [2.05, 4.69) is 10.3 Å². The molecular formula is C51H86FN5O15S. The van der Waals surface area contributed by atoms with Gasteiger partial charge in [-0.25, -0.2) is 17.5 Å². The number of sulfone groups is 1. The third-order valence-corrected chi connectivity index (χ3v) is 16.4. The smallest absolute Gasteiger partial charge is 0.311 e. The van der Waals surface area contributed by atoms with Gasteiger partial charge in [-0.2, -0.15) is 0 Å². The number of nitrogens with zero attached hydrogens (tertiary/aromatic N) is 5. The van der Waals surface area contributed by atoms with Crippen LogP contribution in [0.25, 0.3) is 0 Å². The number of aliphatic hydroxyl groups excluding tert-OH is 4. The van der Waals surface area contributed by atoms with Crippen molar-refractivity contribution in [3.63, 3.8) is 0 Å². The molecule has 0 aliphatic carbocycles. The second kappa shape index (κ2) is 25.9. The van der Waals surface area contributed by atoms with Gasteiger partial charge in [-0.1, -0.05) is 26.0 Å². The molecule has 0 radical (unpaired) electrons. The first-order chi connectivity index (χ1) is 34.1. The van der Waals surface area contributed by atoms with Crippen LogP contribution in [-0.2, 0) is 56.0 Å². The number of esters is 1. The number of hydrogen-bond acceptors (Lipinski definition) is 19. The summed E-state index contributed by atoms with van der Waals surface area (Å²) in [6.07, 6.45) is -8.01. The number of rotatable bonds is 17. The Morgan fingerprint density at radius 3 is 2.30 bits per heavy atom. The van der Waals surface area contributed by atoms with E-state index < -0.39 is 124 Å². The Bertz CT molecular complexity index is 2140. The van der Waals surface area contributed by atoms with Crippen LogP contribution in [0.2, 0.25) is 0 Å². The van der Waals surface area contributed by atoms with E-state index in [-0.39, 0.29) is 49.8 Å². The second-order valence-electron chi connectivity index (χ2n) is 21.8. The van der Waals surface area contributed by atoms with Crippen LogP contribution in [0.15, 0.2) is 35.4 Å². The molecule has 3 aliphatic rings. The average molecular weight is 1060 g/mol. The van der Waals surface area contributed by atoms with Crippen LogP contribution in [0.3, 0.4) is 0 Å². The molecule has 3 saturated heterocycles. The Labute approximate surface area is 431 Å². The molecule has 4 heterocycles.